The van der Waals surface area contributed by atoms with Crippen molar-refractivity contribution in [2.75, 3.05) is 65.0 Å². The van der Waals surface area contributed by atoms with Crippen molar-refractivity contribution in [3.05, 3.63) is 6.20 Å². The summed E-state index contributed by atoms with van der Waals surface area (Å²) in [5.74, 6) is 1.47. The Morgan fingerprint density at radius 1 is 0.958 bits per heavy atom. The number of H-pyrrole nitrogens is 1. The van der Waals surface area contributed by atoms with Crippen molar-refractivity contribution in [1.82, 2.24) is 30.0 Å². The van der Waals surface area contributed by atoms with Gasteiger partial charge in [0.2, 0.25) is 5.95 Å². The van der Waals surface area contributed by atoms with Crippen LogP contribution in [0.25, 0.3) is 11.0 Å². The van der Waals surface area contributed by atoms with Gasteiger partial charge >= 0.3 is 0 Å². The highest BCUT2D eigenvalue weighted by Crippen LogP contribution is 2.19. The number of aromatic amines is 1. The molecule has 3 N–H and O–H groups in total. The highest BCUT2D eigenvalue weighted by Gasteiger charge is 2.09. The van der Waals surface area contributed by atoms with Crippen LogP contribution in [0.15, 0.2) is 6.20 Å². The summed E-state index contributed by atoms with van der Waals surface area (Å²) in [6.07, 6.45) is 3.87. The van der Waals surface area contributed by atoms with Crippen LogP contribution in [-0.4, -0.2) is 84.3 Å². The SMILES string of the molecule is CN(C)CCCNc1nc(NCCCN(C)C)c2cn[nH]c2n1.Cl. The third kappa shape index (κ3) is 6.46. The fourth-order valence-electron chi connectivity index (χ4n) is 2.25. The molecule has 0 bridgehead atoms. The third-order valence-corrected chi connectivity index (χ3v) is 3.45. The number of hydrogen-bond donors (Lipinski definition) is 3. The van der Waals surface area contributed by atoms with Crippen molar-refractivity contribution in [3.8, 4) is 0 Å². The van der Waals surface area contributed by atoms with E-state index in [4.69, 9.17) is 0 Å². The summed E-state index contributed by atoms with van der Waals surface area (Å²) in [5, 5.41) is 14.6. The molecule has 0 amide bonds. The molecule has 24 heavy (non-hydrogen) atoms. The molecule has 0 aromatic carbocycles. The van der Waals surface area contributed by atoms with Crippen molar-refractivity contribution in [2.45, 2.75) is 12.8 Å². The van der Waals surface area contributed by atoms with Gasteiger partial charge in [-0.3, -0.25) is 5.10 Å². The van der Waals surface area contributed by atoms with Crippen LogP contribution >= 0.6 is 12.4 Å². The maximum atomic E-state index is 4.59. The van der Waals surface area contributed by atoms with Gasteiger partial charge in [0.25, 0.3) is 0 Å². The predicted octanol–water partition coefficient (Wildman–Crippen LogP) is 1.50. The maximum absolute atomic E-state index is 4.59. The highest BCUT2D eigenvalue weighted by atomic mass is 35.5. The van der Waals surface area contributed by atoms with E-state index in [-0.39, 0.29) is 12.4 Å². The summed E-state index contributed by atoms with van der Waals surface area (Å²) >= 11 is 0. The lowest BCUT2D eigenvalue weighted by atomic mass is 10.3. The summed E-state index contributed by atoms with van der Waals surface area (Å²) in [6, 6.07) is 0. The zero-order chi connectivity index (χ0) is 16.7. The fourth-order valence-corrected chi connectivity index (χ4v) is 2.25. The average molecular weight is 357 g/mol. The van der Waals surface area contributed by atoms with E-state index in [2.05, 4.69) is 68.8 Å². The molecule has 2 heterocycles. The fraction of sp³-hybridized carbons (Fsp3) is 0.667. The Hall–Kier alpha value is -1.64. The van der Waals surface area contributed by atoms with Crippen molar-refractivity contribution < 1.29 is 0 Å². The van der Waals surface area contributed by atoms with Crippen molar-refractivity contribution in [3.63, 3.8) is 0 Å². The number of halogens is 1. The molecule has 0 unspecified atom stereocenters. The molecule has 0 fully saturated rings. The number of rotatable bonds is 10. The van der Waals surface area contributed by atoms with Crippen molar-refractivity contribution >= 4 is 35.2 Å². The minimum Gasteiger partial charge on any atom is -0.369 e. The third-order valence-electron chi connectivity index (χ3n) is 3.45. The van der Waals surface area contributed by atoms with Gasteiger partial charge in [0, 0.05) is 13.1 Å². The van der Waals surface area contributed by atoms with Gasteiger partial charge in [-0.05, 0) is 54.1 Å². The van der Waals surface area contributed by atoms with E-state index in [0.29, 0.717) is 5.95 Å². The zero-order valence-corrected chi connectivity index (χ0v) is 15.8. The Bertz CT molecular complexity index is 598. The minimum absolute atomic E-state index is 0. The van der Waals surface area contributed by atoms with E-state index in [1.807, 2.05) is 0 Å². The molecule has 8 nitrogen and oxygen atoms in total. The van der Waals surface area contributed by atoms with Crippen molar-refractivity contribution in [1.29, 1.82) is 0 Å². The molecular weight excluding hydrogens is 328 g/mol. The second-order valence-electron chi connectivity index (χ2n) is 6.20. The Labute approximate surface area is 149 Å². The zero-order valence-electron chi connectivity index (χ0n) is 15.0. The van der Waals surface area contributed by atoms with Gasteiger partial charge in [-0.15, -0.1) is 12.4 Å². The maximum Gasteiger partial charge on any atom is 0.226 e. The van der Waals surface area contributed by atoms with Gasteiger partial charge in [-0.2, -0.15) is 15.1 Å². The number of hydrogen-bond acceptors (Lipinski definition) is 7. The predicted molar refractivity (Wildman–Crippen MR) is 102 cm³/mol. The summed E-state index contributed by atoms with van der Waals surface area (Å²) in [7, 11) is 8.30. The standard InChI is InChI=1S/C15H28N8.ClH/c1-22(2)9-5-7-16-13-12-11-18-21-14(12)20-15(19-13)17-8-6-10-23(3)4;/h11H,5-10H2,1-4H3,(H3,16,17,18,19,20,21);1H. The van der Waals surface area contributed by atoms with Gasteiger partial charge in [-0.1, -0.05) is 0 Å². The van der Waals surface area contributed by atoms with Crippen LogP contribution in [0.2, 0.25) is 0 Å². The number of nitrogens with zero attached hydrogens (tertiary/aromatic N) is 5. The van der Waals surface area contributed by atoms with Gasteiger partial charge in [0.05, 0.1) is 11.6 Å². The van der Waals surface area contributed by atoms with Gasteiger partial charge in [-0.25, -0.2) is 0 Å². The monoisotopic (exact) mass is 356 g/mol. The molecule has 0 spiro atoms. The van der Waals surface area contributed by atoms with Crippen LogP contribution in [0, 0.1) is 0 Å². The largest absolute Gasteiger partial charge is 0.369 e. The second-order valence-corrected chi connectivity index (χ2v) is 6.20. The van der Waals surface area contributed by atoms with E-state index in [9.17, 15) is 0 Å². The number of nitrogens with one attached hydrogen (secondary N) is 3. The van der Waals surface area contributed by atoms with Crippen molar-refractivity contribution in [2.24, 2.45) is 0 Å². The number of aromatic nitrogens is 4. The lowest BCUT2D eigenvalue weighted by molar-refractivity contribution is 0.405. The molecule has 0 saturated heterocycles. The van der Waals surface area contributed by atoms with E-state index in [1.54, 1.807) is 6.20 Å². The Morgan fingerprint density at radius 2 is 1.58 bits per heavy atom. The van der Waals surface area contributed by atoms with Gasteiger partial charge < -0.3 is 20.4 Å². The molecule has 2 aromatic rings. The quantitative estimate of drug-likeness (QED) is 0.556. The molecule has 0 aliphatic heterocycles. The first-order chi connectivity index (χ1) is 11.1. The van der Waals surface area contributed by atoms with E-state index < -0.39 is 0 Å². The molecule has 0 saturated carbocycles. The molecule has 0 atom stereocenters. The first-order valence-electron chi connectivity index (χ1n) is 8.04. The van der Waals surface area contributed by atoms with E-state index >= 15 is 0 Å². The average Bonchev–Trinajstić information content (AvgIpc) is 2.96. The topological polar surface area (TPSA) is 85.0 Å². The van der Waals surface area contributed by atoms with Gasteiger partial charge in [0.15, 0.2) is 5.65 Å². The first kappa shape index (κ1) is 20.4. The highest BCUT2D eigenvalue weighted by molar-refractivity contribution is 5.86. The molecule has 136 valence electrons. The molecule has 0 aliphatic rings. The van der Waals surface area contributed by atoms with E-state index in [0.717, 1.165) is 55.9 Å². The van der Waals surface area contributed by atoms with Crippen LogP contribution in [0.1, 0.15) is 12.8 Å². The molecule has 0 aliphatic carbocycles. The Balaban J connectivity index is 0.00000288. The summed E-state index contributed by atoms with van der Waals surface area (Å²) in [4.78, 5) is 13.4. The normalized spacial score (nSPS) is 11.1. The smallest absolute Gasteiger partial charge is 0.226 e. The summed E-state index contributed by atoms with van der Waals surface area (Å²) in [5.41, 5.74) is 0.755. The van der Waals surface area contributed by atoms with Crippen LogP contribution in [0.5, 0.6) is 0 Å². The Morgan fingerprint density at radius 3 is 2.21 bits per heavy atom. The van der Waals surface area contributed by atoms with Crippen LogP contribution in [0.3, 0.4) is 0 Å². The Kier molecular flexibility index (Phi) is 8.73. The van der Waals surface area contributed by atoms with Gasteiger partial charge in [0.1, 0.15) is 5.82 Å². The molecule has 2 rings (SSSR count). The molecular formula is C15H29ClN8. The lowest BCUT2D eigenvalue weighted by Gasteiger charge is -2.12. The van der Waals surface area contributed by atoms with E-state index in [1.165, 1.54) is 0 Å². The lowest BCUT2D eigenvalue weighted by Crippen LogP contribution is -2.18. The second kappa shape index (κ2) is 10.3. The molecule has 2 aromatic heterocycles. The molecule has 0 radical (unpaired) electrons. The van der Waals surface area contributed by atoms with Crippen LogP contribution in [0.4, 0.5) is 11.8 Å². The summed E-state index contributed by atoms with van der Waals surface area (Å²) < 4.78 is 0. The molecule has 9 heteroatoms. The minimum atomic E-state index is 0. The number of fused-ring (bicyclic) bond motifs is 1. The van der Waals surface area contributed by atoms with Crippen LogP contribution in [-0.2, 0) is 0 Å². The first-order valence-corrected chi connectivity index (χ1v) is 8.04. The summed E-state index contributed by atoms with van der Waals surface area (Å²) in [6.45, 7) is 3.80. The van der Waals surface area contributed by atoms with Crippen LogP contribution < -0.4 is 10.6 Å². The number of anilines is 2.